The minimum atomic E-state index is -4.45. The number of carbonyl (C=O) groups is 1. The third-order valence-corrected chi connectivity index (χ3v) is 3.97. The van der Waals surface area contributed by atoms with Crippen LogP contribution in [-0.2, 0) is 6.18 Å². The van der Waals surface area contributed by atoms with E-state index in [1.165, 1.54) is 53.3 Å². The normalized spacial score (nSPS) is 12.6. The maximum Gasteiger partial charge on any atom is 0.416 e. The van der Waals surface area contributed by atoms with Crippen LogP contribution in [0.15, 0.2) is 60.8 Å². The molecule has 0 spiro atoms. The predicted octanol–water partition coefficient (Wildman–Crippen LogP) is 4.52. The van der Waals surface area contributed by atoms with Crippen molar-refractivity contribution in [1.29, 1.82) is 0 Å². The lowest BCUT2D eigenvalue weighted by molar-refractivity contribution is -0.137. The molecular formula is C19H15F4N3O. The first kappa shape index (κ1) is 18.6. The molecule has 1 amide bonds. The van der Waals surface area contributed by atoms with E-state index in [9.17, 15) is 22.4 Å². The van der Waals surface area contributed by atoms with Crippen LogP contribution in [0, 0.1) is 5.82 Å². The monoisotopic (exact) mass is 377 g/mol. The van der Waals surface area contributed by atoms with E-state index >= 15 is 0 Å². The van der Waals surface area contributed by atoms with E-state index in [4.69, 9.17) is 0 Å². The number of carbonyl (C=O) groups excluding carboxylic acids is 1. The van der Waals surface area contributed by atoms with Crippen LogP contribution in [0.1, 0.15) is 34.6 Å². The lowest BCUT2D eigenvalue weighted by atomic mass is 10.0. The van der Waals surface area contributed by atoms with Gasteiger partial charge in [-0.05, 0) is 55.0 Å². The van der Waals surface area contributed by atoms with Crippen molar-refractivity contribution in [2.24, 2.45) is 0 Å². The van der Waals surface area contributed by atoms with E-state index in [0.29, 0.717) is 11.3 Å². The summed E-state index contributed by atoms with van der Waals surface area (Å²) in [7, 11) is 0. The highest BCUT2D eigenvalue weighted by Gasteiger charge is 2.30. The molecule has 3 rings (SSSR count). The highest BCUT2D eigenvalue weighted by Crippen LogP contribution is 2.30. The lowest BCUT2D eigenvalue weighted by Gasteiger charge is -2.15. The molecule has 140 valence electrons. The summed E-state index contributed by atoms with van der Waals surface area (Å²) < 4.78 is 52.9. The molecule has 1 heterocycles. The Morgan fingerprint density at radius 3 is 2.48 bits per heavy atom. The van der Waals surface area contributed by atoms with E-state index in [1.54, 1.807) is 6.92 Å². The summed E-state index contributed by atoms with van der Waals surface area (Å²) >= 11 is 0. The van der Waals surface area contributed by atoms with Gasteiger partial charge in [0.15, 0.2) is 5.69 Å². The Kier molecular flexibility index (Phi) is 4.98. The number of halogens is 4. The van der Waals surface area contributed by atoms with Crippen LogP contribution in [0.5, 0.6) is 0 Å². The van der Waals surface area contributed by atoms with Crippen molar-refractivity contribution < 1.29 is 22.4 Å². The second kappa shape index (κ2) is 7.22. The van der Waals surface area contributed by atoms with Crippen molar-refractivity contribution in [3.8, 4) is 5.69 Å². The van der Waals surface area contributed by atoms with Gasteiger partial charge in [-0.2, -0.15) is 18.3 Å². The van der Waals surface area contributed by atoms with Crippen molar-refractivity contribution in [2.75, 3.05) is 0 Å². The highest BCUT2D eigenvalue weighted by atomic mass is 19.4. The van der Waals surface area contributed by atoms with E-state index in [-0.39, 0.29) is 5.69 Å². The zero-order chi connectivity index (χ0) is 19.6. The molecule has 8 heteroatoms. The summed E-state index contributed by atoms with van der Waals surface area (Å²) in [6.07, 6.45) is -2.91. The van der Waals surface area contributed by atoms with Crippen LogP contribution < -0.4 is 5.32 Å². The standard InChI is InChI=1S/C19H15F4N3O/c1-12(13-3-2-4-14(11-13)19(21,22)23)24-18(27)17-9-10-26(25-17)16-7-5-15(20)6-8-16/h2-12H,1H3,(H,24,27). The molecule has 0 bridgehead atoms. The Hall–Kier alpha value is -3.16. The minimum Gasteiger partial charge on any atom is -0.344 e. The van der Waals surface area contributed by atoms with Crippen molar-refractivity contribution in [2.45, 2.75) is 19.1 Å². The fraction of sp³-hybridized carbons (Fsp3) is 0.158. The zero-order valence-corrected chi connectivity index (χ0v) is 14.2. The number of aromatic nitrogens is 2. The van der Waals surface area contributed by atoms with E-state index < -0.39 is 29.5 Å². The van der Waals surface area contributed by atoms with Gasteiger partial charge in [-0.3, -0.25) is 4.79 Å². The average Bonchev–Trinajstić information content (AvgIpc) is 3.12. The number of rotatable bonds is 4. The van der Waals surface area contributed by atoms with E-state index in [1.807, 2.05) is 0 Å². The van der Waals surface area contributed by atoms with Gasteiger partial charge in [0.05, 0.1) is 17.3 Å². The number of nitrogens with zero attached hydrogens (tertiary/aromatic N) is 2. The largest absolute Gasteiger partial charge is 0.416 e. The van der Waals surface area contributed by atoms with Crippen LogP contribution in [-0.4, -0.2) is 15.7 Å². The van der Waals surface area contributed by atoms with Gasteiger partial charge in [0.1, 0.15) is 5.82 Å². The van der Waals surface area contributed by atoms with Crippen LogP contribution in [0.4, 0.5) is 17.6 Å². The smallest absolute Gasteiger partial charge is 0.344 e. The highest BCUT2D eigenvalue weighted by molar-refractivity contribution is 5.92. The maximum atomic E-state index is 13.0. The van der Waals surface area contributed by atoms with Gasteiger partial charge < -0.3 is 5.32 Å². The summed E-state index contributed by atoms with van der Waals surface area (Å²) in [5.41, 5.74) is 0.220. The van der Waals surface area contributed by atoms with Gasteiger partial charge in [-0.25, -0.2) is 9.07 Å². The second-order valence-corrected chi connectivity index (χ2v) is 5.94. The van der Waals surface area contributed by atoms with Crippen LogP contribution in [0.2, 0.25) is 0 Å². The Labute approximate surface area is 152 Å². The molecular weight excluding hydrogens is 362 g/mol. The molecule has 0 aliphatic heterocycles. The molecule has 0 fully saturated rings. The predicted molar refractivity (Wildman–Crippen MR) is 90.8 cm³/mol. The molecule has 1 atom stereocenters. The average molecular weight is 377 g/mol. The molecule has 0 radical (unpaired) electrons. The van der Waals surface area contributed by atoms with Gasteiger partial charge in [-0.15, -0.1) is 0 Å². The van der Waals surface area contributed by atoms with Gasteiger partial charge in [0, 0.05) is 6.20 Å². The number of benzene rings is 2. The molecule has 0 aliphatic rings. The van der Waals surface area contributed by atoms with Crippen molar-refractivity contribution in [1.82, 2.24) is 15.1 Å². The van der Waals surface area contributed by atoms with E-state index in [0.717, 1.165) is 12.1 Å². The molecule has 1 N–H and O–H groups in total. The van der Waals surface area contributed by atoms with Crippen molar-refractivity contribution in [3.05, 3.63) is 83.4 Å². The molecule has 1 aromatic heterocycles. The third kappa shape index (κ3) is 4.33. The van der Waals surface area contributed by atoms with Crippen molar-refractivity contribution in [3.63, 3.8) is 0 Å². The zero-order valence-electron chi connectivity index (χ0n) is 14.2. The second-order valence-electron chi connectivity index (χ2n) is 5.94. The molecule has 2 aromatic carbocycles. The number of alkyl halides is 3. The molecule has 0 saturated carbocycles. The summed E-state index contributed by atoms with van der Waals surface area (Å²) in [6.45, 7) is 1.59. The quantitative estimate of drug-likeness (QED) is 0.680. The van der Waals surface area contributed by atoms with Crippen LogP contribution >= 0.6 is 0 Å². The summed E-state index contributed by atoms with van der Waals surface area (Å²) in [4.78, 5) is 12.3. The third-order valence-electron chi connectivity index (χ3n) is 3.97. The Morgan fingerprint density at radius 1 is 1.11 bits per heavy atom. The van der Waals surface area contributed by atoms with Crippen LogP contribution in [0.25, 0.3) is 5.69 Å². The van der Waals surface area contributed by atoms with Crippen molar-refractivity contribution >= 4 is 5.91 Å². The molecule has 1 unspecified atom stereocenters. The number of hydrogen-bond acceptors (Lipinski definition) is 2. The molecule has 3 aromatic rings. The fourth-order valence-electron chi connectivity index (χ4n) is 2.52. The molecule has 0 saturated heterocycles. The molecule has 4 nitrogen and oxygen atoms in total. The SMILES string of the molecule is CC(NC(=O)c1ccn(-c2ccc(F)cc2)n1)c1cccc(C(F)(F)F)c1. The summed E-state index contributed by atoms with van der Waals surface area (Å²) in [5.74, 6) is -0.917. The van der Waals surface area contributed by atoms with Gasteiger partial charge in [-0.1, -0.05) is 12.1 Å². The first-order chi connectivity index (χ1) is 12.7. The lowest BCUT2D eigenvalue weighted by Crippen LogP contribution is -2.27. The first-order valence-electron chi connectivity index (χ1n) is 8.03. The van der Waals surface area contributed by atoms with Gasteiger partial charge in [0.2, 0.25) is 0 Å². The van der Waals surface area contributed by atoms with E-state index in [2.05, 4.69) is 10.4 Å². The Balaban J connectivity index is 1.73. The van der Waals surface area contributed by atoms with Gasteiger partial charge in [0.25, 0.3) is 5.91 Å². The van der Waals surface area contributed by atoms with Gasteiger partial charge >= 0.3 is 6.18 Å². The molecule has 27 heavy (non-hydrogen) atoms. The fourth-order valence-corrected chi connectivity index (χ4v) is 2.52. The molecule has 0 aliphatic carbocycles. The number of hydrogen-bond donors (Lipinski definition) is 1. The Morgan fingerprint density at radius 2 is 1.81 bits per heavy atom. The topological polar surface area (TPSA) is 46.9 Å². The number of amides is 1. The first-order valence-corrected chi connectivity index (χ1v) is 8.03. The Bertz CT molecular complexity index is 948. The van der Waals surface area contributed by atoms with Crippen LogP contribution in [0.3, 0.4) is 0 Å². The maximum absolute atomic E-state index is 13.0. The number of nitrogens with one attached hydrogen (secondary N) is 1. The summed E-state index contributed by atoms with van der Waals surface area (Å²) in [6, 6.07) is 11.2. The minimum absolute atomic E-state index is 0.0955. The summed E-state index contributed by atoms with van der Waals surface area (Å²) in [5, 5.41) is 6.74.